The van der Waals surface area contributed by atoms with E-state index in [0.717, 1.165) is 12.1 Å². The Morgan fingerprint density at radius 3 is 2.21 bits per heavy atom. The van der Waals surface area contributed by atoms with Crippen LogP contribution in [0, 0.1) is 0 Å². The molecule has 0 amide bonds. The van der Waals surface area contributed by atoms with Gasteiger partial charge in [-0.25, -0.2) is 13.4 Å². The van der Waals surface area contributed by atoms with Crippen molar-refractivity contribution in [3.63, 3.8) is 0 Å². The first-order valence-electron chi connectivity index (χ1n) is 8.68. The minimum absolute atomic E-state index is 0.109. The van der Waals surface area contributed by atoms with Gasteiger partial charge < -0.3 is 10.6 Å². The van der Waals surface area contributed by atoms with Gasteiger partial charge in [-0.15, -0.1) is 0 Å². The van der Waals surface area contributed by atoms with Crippen LogP contribution in [0.3, 0.4) is 0 Å². The molecule has 0 atom stereocenters. The predicted octanol–water partition coefficient (Wildman–Crippen LogP) is 3.23. The minimum atomic E-state index is -4.37. The summed E-state index contributed by atoms with van der Waals surface area (Å²) in [5.41, 5.74) is -0.0986. The Kier molecular flexibility index (Phi) is 7.45. The number of sulfone groups is 1. The summed E-state index contributed by atoms with van der Waals surface area (Å²) >= 11 is 0. The van der Waals surface area contributed by atoms with E-state index < -0.39 is 21.6 Å². The summed E-state index contributed by atoms with van der Waals surface area (Å²) in [6.07, 6.45) is -4.37. The maximum atomic E-state index is 12.6. The molecule has 0 aliphatic carbocycles. The average molecular weight is 413 g/mol. The number of nitrogens with one attached hydrogen (secondary N) is 2. The van der Waals surface area contributed by atoms with Gasteiger partial charge in [0, 0.05) is 13.1 Å². The Hall–Kier alpha value is -2.55. The quantitative estimate of drug-likeness (QED) is 0.540. The normalized spacial score (nSPS) is 12.6. The Balaban J connectivity index is 1.95. The van der Waals surface area contributed by atoms with E-state index in [1.807, 2.05) is 6.92 Å². The summed E-state index contributed by atoms with van der Waals surface area (Å²) in [6.45, 7) is 2.73. The van der Waals surface area contributed by atoms with Crippen LogP contribution in [0.25, 0.3) is 0 Å². The lowest BCUT2D eigenvalue weighted by molar-refractivity contribution is -0.137. The molecule has 9 heteroatoms. The van der Waals surface area contributed by atoms with Crippen LogP contribution in [0.5, 0.6) is 0 Å². The zero-order valence-electron chi connectivity index (χ0n) is 15.3. The van der Waals surface area contributed by atoms with E-state index in [-0.39, 0.29) is 23.7 Å². The van der Waals surface area contributed by atoms with E-state index in [2.05, 4.69) is 15.6 Å². The molecule has 0 saturated heterocycles. The molecular formula is C19H22F3N3O2S. The highest BCUT2D eigenvalue weighted by atomic mass is 32.2. The largest absolute Gasteiger partial charge is 0.416 e. The Labute approximate surface area is 162 Å². The van der Waals surface area contributed by atoms with E-state index in [0.29, 0.717) is 18.1 Å². The van der Waals surface area contributed by atoms with E-state index in [1.54, 1.807) is 30.3 Å². The van der Waals surface area contributed by atoms with Crippen LogP contribution in [-0.2, 0) is 22.6 Å². The number of halogens is 3. The fourth-order valence-corrected chi connectivity index (χ4v) is 3.54. The molecule has 0 aliphatic rings. The summed E-state index contributed by atoms with van der Waals surface area (Å²) in [5, 5.41) is 5.91. The van der Waals surface area contributed by atoms with Gasteiger partial charge in [0.15, 0.2) is 15.8 Å². The molecule has 0 unspecified atom stereocenters. The molecule has 0 radical (unpaired) electrons. The molecule has 2 N–H and O–H groups in total. The second-order valence-electron chi connectivity index (χ2n) is 5.95. The first-order chi connectivity index (χ1) is 13.2. The first kappa shape index (κ1) is 21.7. The Morgan fingerprint density at radius 2 is 1.64 bits per heavy atom. The van der Waals surface area contributed by atoms with Crippen molar-refractivity contribution in [2.75, 3.05) is 18.8 Å². The van der Waals surface area contributed by atoms with E-state index >= 15 is 0 Å². The second kappa shape index (κ2) is 9.59. The Bertz CT molecular complexity index is 881. The monoisotopic (exact) mass is 413 g/mol. The molecule has 0 bridgehead atoms. The standard InChI is InChI=1S/C19H22F3N3O2S/c1-2-23-18(24-12-13-28(26,27)17-6-4-3-5-7-17)25-14-15-8-10-16(11-9-15)19(20,21)22/h3-11H,2,12-14H2,1H3,(H2,23,24,25). The molecular weight excluding hydrogens is 391 g/mol. The second-order valence-corrected chi connectivity index (χ2v) is 8.06. The third kappa shape index (κ3) is 6.56. The molecule has 28 heavy (non-hydrogen) atoms. The molecule has 0 fully saturated rings. The topological polar surface area (TPSA) is 70.6 Å². The molecule has 152 valence electrons. The van der Waals surface area contributed by atoms with Crippen LogP contribution in [0.2, 0.25) is 0 Å². The highest BCUT2D eigenvalue weighted by Crippen LogP contribution is 2.29. The van der Waals surface area contributed by atoms with Gasteiger partial charge in [0.2, 0.25) is 0 Å². The van der Waals surface area contributed by atoms with Crippen LogP contribution in [0.15, 0.2) is 64.5 Å². The lowest BCUT2D eigenvalue weighted by Crippen LogP contribution is -2.39. The number of rotatable bonds is 7. The van der Waals surface area contributed by atoms with Crippen molar-refractivity contribution < 1.29 is 21.6 Å². The van der Waals surface area contributed by atoms with Crippen LogP contribution < -0.4 is 10.6 Å². The summed E-state index contributed by atoms with van der Waals surface area (Å²) in [4.78, 5) is 4.54. The number of guanidine groups is 1. The van der Waals surface area contributed by atoms with Crippen LogP contribution in [0.1, 0.15) is 18.1 Å². The van der Waals surface area contributed by atoms with E-state index in [9.17, 15) is 21.6 Å². The van der Waals surface area contributed by atoms with Crippen molar-refractivity contribution in [1.29, 1.82) is 0 Å². The molecule has 5 nitrogen and oxygen atoms in total. The zero-order chi connectivity index (χ0) is 20.6. The Morgan fingerprint density at radius 1 is 1.00 bits per heavy atom. The number of benzene rings is 2. The molecule has 0 saturated carbocycles. The predicted molar refractivity (Wildman–Crippen MR) is 103 cm³/mol. The molecule has 2 aromatic rings. The van der Waals surface area contributed by atoms with Gasteiger partial charge in [-0.3, -0.25) is 0 Å². The number of hydrogen-bond donors (Lipinski definition) is 2. The maximum absolute atomic E-state index is 12.6. The van der Waals surface area contributed by atoms with Crippen molar-refractivity contribution in [3.8, 4) is 0 Å². The molecule has 2 rings (SSSR count). The van der Waals surface area contributed by atoms with Crippen molar-refractivity contribution in [3.05, 3.63) is 65.7 Å². The lowest BCUT2D eigenvalue weighted by Gasteiger charge is -2.12. The van der Waals surface area contributed by atoms with Crippen LogP contribution >= 0.6 is 0 Å². The molecule has 0 aromatic heterocycles. The molecule has 0 heterocycles. The molecule has 2 aromatic carbocycles. The van der Waals surface area contributed by atoms with Crippen molar-refractivity contribution >= 4 is 15.8 Å². The van der Waals surface area contributed by atoms with Gasteiger partial charge in [-0.05, 0) is 36.8 Å². The SMILES string of the molecule is CCNC(=NCc1ccc(C(F)(F)F)cc1)NCCS(=O)(=O)c1ccccc1. The van der Waals surface area contributed by atoms with Crippen LogP contribution in [-0.4, -0.2) is 33.2 Å². The number of hydrogen-bond acceptors (Lipinski definition) is 3. The summed E-state index contributed by atoms with van der Waals surface area (Å²) in [6, 6.07) is 12.9. The highest BCUT2D eigenvalue weighted by molar-refractivity contribution is 7.91. The van der Waals surface area contributed by atoms with Crippen molar-refractivity contribution in [1.82, 2.24) is 10.6 Å². The average Bonchev–Trinajstić information content (AvgIpc) is 2.66. The lowest BCUT2D eigenvalue weighted by atomic mass is 10.1. The van der Waals surface area contributed by atoms with E-state index in [1.165, 1.54) is 12.1 Å². The zero-order valence-corrected chi connectivity index (χ0v) is 16.1. The van der Waals surface area contributed by atoms with Gasteiger partial charge in [0.25, 0.3) is 0 Å². The third-order valence-corrected chi connectivity index (χ3v) is 5.54. The van der Waals surface area contributed by atoms with Crippen molar-refractivity contribution in [2.24, 2.45) is 4.99 Å². The fourth-order valence-electron chi connectivity index (χ4n) is 2.36. The summed E-state index contributed by atoms with van der Waals surface area (Å²) in [5.74, 6) is 0.285. The maximum Gasteiger partial charge on any atom is 0.416 e. The smallest absolute Gasteiger partial charge is 0.357 e. The van der Waals surface area contributed by atoms with Gasteiger partial charge in [0.05, 0.1) is 22.8 Å². The summed E-state index contributed by atoms with van der Waals surface area (Å²) in [7, 11) is -3.41. The van der Waals surface area contributed by atoms with E-state index in [4.69, 9.17) is 0 Å². The number of aliphatic imine (C=N–C) groups is 1. The van der Waals surface area contributed by atoms with Crippen LogP contribution in [0.4, 0.5) is 13.2 Å². The fraction of sp³-hybridized carbons (Fsp3) is 0.316. The first-order valence-corrected chi connectivity index (χ1v) is 10.3. The molecule has 0 aliphatic heterocycles. The van der Waals surface area contributed by atoms with Gasteiger partial charge in [0.1, 0.15) is 0 Å². The number of nitrogens with zero attached hydrogens (tertiary/aromatic N) is 1. The molecule has 0 spiro atoms. The summed E-state index contributed by atoms with van der Waals surface area (Å²) < 4.78 is 62.3. The number of alkyl halides is 3. The minimum Gasteiger partial charge on any atom is -0.357 e. The third-order valence-electron chi connectivity index (χ3n) is 3.81. The van der Waals surface area contributed by atoms with Gasteiger partial charge >= 0.3 is 6.18 Å². The van der Waals surface area contributed by atoms with Gasteiger partial charge in [-0.2, -0.15) is 13.2 Å². The highest BCUT2D eigenvalue weighted by Gasteiger charge is 2.29. The van der Waals surface area contributed by atoms with Gasteiger partial charge in [-0.1, -0.05) is 30.3 Å². The van der Waals surface area contributed by atoms with Crippen molar-refractivity contribution in [2.45, 2.75) is 24.5 Å².